The predicted octanol–water partition coefficient (Wildman–Crippen LogP) is 6.20. The Kier molecular flexibility index (Phi) is 8.11. The molecule has 5 heteroatoms. The van der Waals surface area contributed by atoms with E-state index in [4.69, 9.17) is 4.43 Å². The molecule has 1 saturated carbocycles. The van der Waals surface area contributed by atoms with Crippen molar-refractivity contribution in [2.24, 2.45) is 5.92 Å². The van der Waals surface area contributed by atoms with Crippen LogP contribution in [-0.2, 0) is 4.43 Å². The van der Waals surface area contributed by atoms with Gasteiger partial charge in [-0.05, 0) is 87.7 Å². The maximum atomic E-state index is 13.4. The van der Waals surface area contributed by atoms with E-state index in [0.29, 0.717) is 24.1 Å². The predicted molar refractivity (Wildman–Crippen MR) is 122 cm³/mol. The highest BCUT2D eigenvalue weighted by Gasteiger charge is 2.40. The summed E-state index contributed by atoms with van der Waals surface area (Å²) in [7, 11) is -1.69. The van der Waals surface area contributed by atoms with Crippen molar-refractivity contribution in [3.63, 3.8) is 0 Å². The minimum atomic E-state index is -1.69. The van der Waals surface area contributed by atoms with Crippen LogP contribution in [0.1, 0.15) is 78.4 Å². The van der Waals surface area contributed by atoms with Gasteiger partial charge in [0.25, 0.3) is 0 Å². The average molecular weight is 424 g/mol. The van der Waals surface area contributed by atoms with Gasteiger partial charge in [0, 0.05) is 18.2 Å². The van der Waals surface area contributed by atoms with Crippen LogP contribution < -0.4 is 5.32 Å². The Balaban J connectivity index is 1.78. The summed E-state index contributed by atoms with van der Waals surface area (Å²) in [6.07, 6.45) is 5.51. The van der Waals surface area contributed by atoms with E-state index in [9.17, 15) is 9.50 Å². The number of hydrogen-bond acceptors (Lipinski definition) is 3. The van der Waals surface area contributed by atoms with Crippen LogP contribution in [0.4, 0.5) is 4.39 Å². The van der Waals surface area contributed by atoms with Crippen LogP contribution in [0.3, 0.4) is 0 Å². The fourth-order valence-corrected chi connectivity index (χ4v) is 5.47. The van der Waals surface area contributed by atoms with Crippen molar-refractivity contribution >= 4 is 8.32 Å². The number of nitrogens with one attached hydrogen (secondary N) is 1. The van der Waals surface area contributed by atoms with Crippen LogP contribution in [0.15, 0.2) is 24.3 Å². The molecule has 2 N–H and O–H groups in total. The van der Waals surface area contributed by atoms with Gasteiger partial charge in [-0.2, -0.15) is 0 Å². The Bertz CT molecular complexity index is 649. The van der Waals surface area contributed by atoms with Gasteiger partial charge in [0.05, 0.1) is 6.10 Å². The molecule has 1 aliphatic carbocycles. The molecule has 3 nitrogen and oxygen atoms in total. The zero-order chi connectivity index (χ0) is 21.9. The Hall–Kier alpha value is -0.753. The molecule has 0 amide bonds. The lowest BCUT2D eigenvalue weighted by Crippen LogP contribution is -2.46. The lowest BCUT2D eigenvalue weighted by Gasteiger charge is -2.42. The summed E-state index contributed by atoms with van der Waals surface area (Å²) in [4.78, 5) is 0. The molecule has 0 aromatic heterocycles. The lowest BCUT2D eigenvalue weighted by molar-refractivity contribution is 0.102. The fraction of sp³-hybridized carbons (Fsp3) is 0.750. The number of hydrogen-bond donors (Lipinski definition) is 2. The molecule has 1 aliphatic rings. The smallest absolute Gasteiger partial charge is 0.192 e. The number of aliphatic hydroxyl groups is 1. The molecule has 0 saturated heterocycles. The van der Waals surface area contributed by atoms with E-state index in [2.05, 4.69) is 53.0 Å². The molecule has 1 atom stereocenters. The molecule has 29 heavy (non-hydrogen) atoms. The molecule has 1 fully saturated rings. The molecule has 0 aliphatic heterocycles. The Morgan fingerprint density at radius 1 is 1.14 bits per heavy atom. The monoisotopic (exact) mass is 423 g/mol. The number of benzene rings is 1. The van der Waals surface area contributed by atoms with Gasteiger partial charge in [0.15, 0.2) is 8.32 Å². The lowest BCUT2D eigenvalue weighted by atomic mass is 9.80. The van der Waals surface area contributed by atoms with E-state index in [-0.39, 0.29) is 16.4 Å². The van der Waals surface area contributed by atoms with Crippen molar-refractivity contribution in [1.82, 2.24) is 5.32 Å². The van der Waals surface area contributed by atoms with Gasteiger partial charge in [0.1, 0.15) is 5.82 Å². The summed E-state index contributed by atoms with van der Waals surface area (Å²) in [6.45, 7) is 16.4. The first kappa shape index (κ1) is 24.5. The van der Waals surface area contributed by atoms with Crippen molar-refractivity contribution in [1.29, 1.82) is 0 Å². The molecule has 1 aromatic carbocycles. The third-order valence-corrected chi connectivity index (χ3v) is 11.4. The van der Waals surface area contributed by atoms with Crippen LogP contribution in [0.5, 0.6) is 0 Å². The number of aliphatic hydroxyl groups excluding tert-OH is 1. The normalized spacial score (nSPS) is 22.5. The third-order valence-electron chi connectivity index (χ3n) is 6.87. The second-order valence-corrected chi connectivity index (χ2v) is 15.8. The quantitative estimate of drug-likeness (QED) is 0.489. The highest BCUT2D eigenvalue weighted by molar-refractivity contribution is 6.74. The first-order valence-electron chi connectivity index (χ1n) is 11.2. The molecule has 0 bridgehead atoms. The second-order valence-electron chi connectivity index (χ2n) is 11.1. The molecule has 1 aromatic rings. The molecular formula is C24H42FNO2Si. The Labute approximate surface area is 178 Å². The summed E-state index contributed by atoms with van der Waals surface area (Å²) >= 11 is 0. The van der Waals surface area contributed by atoms with Gasteiger partial charge in [-0.15, -0.1) is 0 Å². The van der Waals surface area contributed by atoms with E-state index in [1.807, 2.05) is 0 Å². The molecule has 0 heterocycles. The molecule has 0 spiro atoms. The first-order chi connectivity index (χ1) is 13.3. The number of rotatable bonds is 8. The van der Waals surface area contributed by atoms with E-state index in [0.717, 1.165) is 19.3 Å². The maximum Gasteiger partial charge on any atom is 0.192 e. The molecule has 0 radical (unpaired) electrons. The summed E-state index contributed by atoms with van der Waals surface area (Å²) in [5.74, 6) is 0.376. The topological polar surface area (TPSA) is 41.5 Å². The van der Waals surface area contributed by atoms with Crippen LogP contribution in [-0.4, -0.2) is 31.6 Å². The van der Waals surface area contributed by atoms with Crippen LogP contribution >= 0.6 is 0 Å². The average Bonchev–Trinajstić information content (AvgIpc) is 2.60. The molecule has 2 rings (SSSR count). The first-order valence-corrected chi connectivity index (χ1v) is 14.1. The van der Waals surface area contributed by atoms with Crippen molar-refractivity contribution in [2.75, 3.05) is 6.54 Å². The third kappa shape index (κ3) is 7.46. The highest BCUT2D eigenvalue weighted by Crippen LogP contribution is 2.40. The van der Waals surface area contributed by atoms with Gasteiger partial charge in [-0.25, -0.2) is 4.39 Å². The van der Waals surface area contributed by atoms with Crippen LogP contribution in [0.2, 0.25) is 18.1 Å². The summed E-state index contributed by atoms with van der Waals surface area (Å²) in [5.41, 5.74) is 0.558. The number of halogens is 1. The number of β-amino-alcohol motifs (C(OH)–C–C–N with tert-alkyl or cyclic N) is 1. The van der Waals surface area contributed by atoms with Crippen molar-refractivity contribution in [3.05, 3.63) is 35.6 Å². The second kappa shape index (κ2) is 9.59. The summed E-state index contributed by atoms with van der Waals surface area (Å²) in [6, 6.07) is 6.22. The zero-order valence-electron chi connectivity index (χ0n) is 19.5. The standard InChI is InChI=1S/C24H42FNO2Si/c1-23(2,3)29(6,7)28-21-13-11-18(12-14-21)16-24(4,5)26-17-22(27)19-9-8-10-20(25)15-19/h8-10,15,18,21-22,26-27H,11-14,16-17H2,1-7H3/t18?,21?,22-/m0/s1. The minimum Gasteiger partial charge on any atom is -0.414 e. The van der Waals surface area contributed by atoms with Crippen LogP contribution in [0.25, 0.3) is 0 Å². The van der Waals surface area contributed by atoms with E-state index >= 15 is 0 Å². The Morgan fingerprint density at radius 2 is 1.76 bits per heavy atom. The van der Waals surface area contributed by atoms with Gasteiger partial charge in [-0.3, -0.25) is 0 Å². The highest BCUT2D eigenvalue weighted by atomic mass is 28.4. The minimum absolute atomic E-state index is 0.0634. The largest absolute Gasteiger partial charge is 0.414 e. The summed E-state index contributed by atoms with van der Waals surface area (Å²) in [5, 5.41) is 14.1. The van der Waals surface area contributed by atoms with Crippen LogP contribution in [0, 0.1) is 11.7 Å². The fourth-order valence-electron chi connectivity index (χ4n) is 4.05. The van der Waals surface area contributed by atoms with Gasteiger partial charge >= 0.3 is 0 Å². The maximum absolute atomic E-state index is 13.4. The zero-order valence-corrected chi connectivity index (χ0v) is 20.5. The van der Waals surface area contributed by atoms with E-state index in [1.54, 1.807) is 12.1 Å². The van der Waals surface area contributed by atoms with Gasteiger partial charge < -0.3 is 14.8 Å². The molecule has 0 unspecified atom stereocenters. The van der Waals surface area contributed by atoms with Crippen molar-refractivity contribution in [3.8, 4) is 0 Å². The summed E-state index contributed by atoms with van der Waals surface area (Å²) < 4.78 is 20.0. The van der Waals surface area contributed by atoms with Gasteiger partial charge in [0.2, 0.25) is 0 Å². The van der Waals surface area contributed by atoms with E-state index < -0.39 is 14.4 Å². The van der Waals surface area contributed by atoms with Gasteiger partial charge in [-0.1, -0.05) is 32.9 Å². The molecular weight excluding hydrogens is 381 g/mol. The Morgan fingerprint density at radius 3 is 2.31 bits per heavy atom. The SMILES string of the molecule is CC(C)(CC1CCC(O[Si](C)(C)C(C)(C)C)CC1)NC[C@H](O)c1cccc(F)c1. The van der Waals surface area contributed by atoms with Crippen molar-refractivity contribution < 1.29 is 13.9 Å². The van der Waals surface area contributed by atoms with Crippen molar-refractivity contribution in [2.45, 2.75) is 103 Å². The molecule has 166 valence electrons. The van der Waals surface area contributed by atoms with E-state index in [1.165, 1.54) is 25.0 Å².